The van der Waals surface area contributed by atoms with Gasteiger partial charge < -0.3 is 9.32 Å². The summed E-state index contributed by atoms with van der Waals surface area (Å²) >= 11 is 0. The van der Waals surface area contributed by atoms with Crippen molar-refractivity contribution in [3.05, 3.63) is 59.6 Å². The third-order valence-electron chi connectivity index (χ3n) is 3.31. The Labute approximate surface area is 134 Å². The zero-order valence-electron chi connectivity index (χ0n) is 12.7. The summed E-state index contributed by atoms with van der Waals surface area (Å²) in [5.74, 6) is -0.293. The summed E-state index contributed by atoms with van der Waals surface area (Å²) in [6.07, 6.45) is 3.38. The summed E-state index contributed by atoms with van der Waals surface area (Å²) in [5.41, 5.74) is 1.73. The van der Waals surface area contributed by atoms with Crippen molar-refractivity contribution in [2.75, 3.05) is 18.5 Å². The number of furan rings is 1. The molecule has 1 heterocycles. The number of hydrogen-bond acceptors (Lipinski definition) is 5. The number of carbonyl (C=O) groups is 1. The van der Waals surface area contributed by atoms with Gasteiger partial charge in [0.1, 0.15) is 11.6 Å². The maximum atomic E-state index is 12.1. The number of ketones is 1. The number of nitrogens with zero attached hydrogens (tertiary/aromatic N) is 3. The molecule has 0 aliphatic rings. The number of allylic oxidation sites excluding steroid dienone is 1. The maximum absolute atomic E-state index is 12.1. The van der Waals surface area contributed by atoms with Crippen LogP contribution in [0.25, 0.3) is 6.08 Å². The lowest BCUT2D eigenvalue weighted by molar-refractivity contribution is 0.101. The Kier molecular flexibility index (Phi) is 5.33. The van der Waals surface area contributed by atoms with E-state index in [1.807, 2.05) is 42.3 Å². The van der Waals surface area contributed by atoms with Gasteiger partial charge in [0.2, 0.25) is 5.78 Å². The van der Waals surface area contributed by atoms with E-state index in [2.05, 4.69) is 6.07 Å². The standard InChI is InChI=1S/C18H15N3O2/c1-21(10-3-9-19)16-7-5-14(6-8-16)12-15(13-20)18(22)17-4-2-11-23-17/h2,4-8,11-12H,3,10H2,1H3/b15-12+. The van der Waals surface area contributed by atoms with Crippen molar-refractivity contribution in [1.29, 1.82) is 10.5 Å². The van der Waals surface area contributed by atoms with E-state index < -0.39 is 5.78 Å². The van der Waals surface area contributed by atoms with Crippen LogP contribution in [0.5, 0.6) is 0 Å². The third kappa shape index (κ3) is 4.09. The molecule has 0 saturated heterocycles. The minimum Gasteiger partial charge on any atom is -0.461 e. The van der Waals surface area contributed by atoms with Crippen LogP contribution in [0.4, 0.5) is 5.69 Å². The summed E-state index contributed by atoms with van der Waals surface area (Å²) in [7, 11) is 1.91. The molecule has 0 N–H and O–H groups in total. The molecule has 0 atom stereocenters. The zero-order chi connectivity index (χ0) is 16.7. The number of Topliss-reactive ketones (excluding diaryl/α,β-unsaturated/α-hetero) is 1. The number of carbonyl (C=O) groups excluding carboxylic acids is 1. The van der Waals surface area contributed by atoms with Gasteiger partial charge in [-0.25, -0.2) is 0 Å². The molecule has 0 radical (unpaired) electrons. The van der Waals surface area contributed by atoms with E-state index >= 15 is 0 Å². The van der Waals surface area contributed by atoms with Crippen LogP contribution in [0.2, 0.25) is 0 Å². The monoisotopic (exact) mass is 305 g/mol. The fourth-order valence-corrected chi connectivity index (χ4v) is 2.03. The van der Waals surface area contributed by atoms with Crippen molar-refractivity contribution in [1.82, 2.24) is 0 Å². The lowest BCUT2D eigenvalue weighted by Gasteiger charge is -2.17. The number of anilines is 1. The Morgan fingerprint density at radius 1 is 1.26 bits per heavy atom. The molecule has 0 spiro atoms. The number of hydrogen-bond donors (Lipinski definition) is 0. The molecular weight excluding hydrogens is 290 g/mol. The lowest BCUT2D eigenvalue weighted by Crippen LogP contribution is -2.17. The van der Waals surface area contributed by atoms with E-state index in [0.717, 1.165) is 11.3 Å². The molecule has 5 nitrogen and oxygen atoms in total. The van der Waals surface area contributed by atoms with Gasteiger partial charge >= 0.3 is 0 Å². The van der Waals surface area contributed by atoms with Crippen LogP contribution in [-0.2, 0) is 0 Å². The highest BCUT2D eigenvalue weighted by Gasteiger charge is 2.14. The molecular formula is C18H15N3O2. The molecule has 1 aromatic carbocycles. The van der Waals surface area contributed by atoms with Gasteiger partial charge in [0.05, 0.1) is 18.8 Å². The number of benzene rings is 1. The predicted molar refractivity (Wildman–Crippen MR) is 86.6 cm³/mol. The molecule has 5 heteroatoms. The van der Waals surface area contributed by atoms with Gasteiger partial charge in [-0.3, -0.25) is 4.79 Å². The summed E-state index contributed by atoms with van der Waals surface area (Å²) in [5, 5.41) is 17.8. The topological polar surface area (TPSA) is 81.0 Å². The van der Waals surface area contributed by atoms with Crippen molar-refractivity contribution < 1.29 is 9.21 Å². The Bertz CT molecular complexity index is 775. The van der Waals surface area contributed by atoms with Crippen LogP contribution in [0.1, 0.15) is 22.5 Å². The van der Waals surface area contributed by atoms with Crippen LogP contribution < -0.4 is 4.90 Å². The lowest BCUT2D eigenvalue weighted by atomic mass is 10.1. The largest absolute Gasteiger partial charge is 0.461 e. The molecule has 2 rings (SSSR count). The third-order valence-corrected chi connectivity index (χ3v) is 3.31. The first-order chi connectivity index (χ1) is 11.2. The Morgan fingerprint density at radius 3 is 2.57 bits per heavy atom. The molecule has 0 amide bonds. The highest BCUT2D eigenvalue weighted by atomic mass is 16.3. The molecule has 0 aliphatic carbocycles. The molecule has 0 bridgehead atoms. The van der Waals surface area contributed by atoms with Gasteiger partial charge in [0.15, 0.2) is 5.76 Å². The summed E-state index contributed by atoms with van der Waals surface area (Å²) < 4.78 is 5.03. The molecule has 0 saturated carbocycles. The molecule has 0 unspecified atom stereocenters. The van der Waals surface area contributed by atoms with Crippen molar-refractivity contribution in [2.24, 2.45) is 0 Å². The molecule has 0 fully saturated rings. The first kappa shape index (κ1) is 16.1. The molecule has 2 aromatic rings. The molecule has 1 aromatic heterocycles. The van der Waals surface area contributed by atoms with Crippen LogP contribution in [0.3, 0.4) is 0 Å². The fraction of sp³-hybridized carbons (Fsp3) is 0.167. The van der Waals surface area contributed by atoms with E-state index in [1.54, 1.807) is 6.07 Å². The van der Waals surface area contributed by atoms with Crippen LogP contribution in [-0.4, -0.2) is 19.4 Å². The first-order valence-electron chi connectivity index (χ1n) is 7.04. The number of rotatable bonds is 6. The summed E-state index contributed by atoms with van der Waals surface area (Å²) in [4.78, 5) is 14.1. The van der Waals surface area contributed by atoms with Crippen LogP contribution >= 0.6 is 0 Å². The zero-order valence-corrected chi connectivity index (χ0v) is 12.7. The first-order valence-corrected chi connectivity index (χ1v) is 7.04. The predicted octanol–water partition coefficient (Wildman–Crippen LogP) is 3.42. The Hall–Kier alpha value is -3.31. The fourth-order valence-electron chi connectivity index (χ4n) is 2.03. The van der Waals surface area contributed by atoms with Gasteiger partial charge in [-0.1, -0.05) is 12.1 Å². The van der Waals surface area contributed by atoms with Crippen molar-refractivity contribution in [3.63, 3.8) is 0 Å². The summed E-state index contributed by atoms with van der Waals surface area (Å²) in [6, 6.07) is 14.6. The minimum absolute atomic E-state index is 0.0190. The van der Waals surface area contributed by atoms with Crippen molar-refractivity contribution in [3.8, 4) is 12.1 Å². The normalized spacial score (nSPS) is 10.7. The molecule has 23 heavy (non-hydrogen) atoms. The molecule has 0 aliphatic heterocycles. The average Bonchev–Trinajstić information content (AvgIpc) is 3.12. The van der Waals surface area contributed by atoms with Gasteiger partial charge in [-0.15, -0.1) is 0 Å². The maximum Gasteiger partial charge on any atom is 0.238 e. The second kappa shape index (κ2) is 7.63. The SMILES string of the molecule is CN(CCC#N)c1ccc(/C=C(\C#N)C(=O)c2ccco2)cc1. The second-order valence-corrected chi connectivity index (χ2v) is 4.90. The summed E-state index contributed by atoms with van der Waals surface area (Å²) in [6.45, 7) is 0.645. The highest BCUT2D eigenvalue weighted by molar-refractivity contribution is 6.12. The van der Waals surface area contributed by atoms with E-state index in [4.69, 9.17) is 9.68 Å². The Balaban J connectivity index is 2.17. The quantitative estimate of drug-likeness (QED) is 0.464. The second-order valence-electron chi connectivity index (χ2n) is 4.90. The van der Waals surface area contributed by atoms with Gasteiger partial charge in [-0.05, 0) is 35.9 Å². The van der Waals surface area contributed by atoms with E-state index in [1.165, 1.54) is 18.4 Å². The van der Waals surface area contributed by atoms with Crippen LogP contribution in [0.15, 0.2) is 52.7 Å². The van der Waals surface area contributed by atoms with Gasteiger partial charge in [0.25, 0.3) is 0 Å². The van der Waals surface area contributed by atoms with E-state index in [9.17, 15) is 10.1 Å². The van der Waals surface area contributed by atoms with Gasteiger partial charge in [-0.2, -0.15) is 10.5 Å². The van der Waals surface area contributed by atoms with E-state index in [0.29, 0.717) is 13.0 Å². The van der Waals surface area contributed by atoms with Gasteiger partial charge in [0, 0.05) is 19.3 Å². The van der Waals surface area contributed by atoms with E-state index in [-0.39, 0.29) is 11.3 Å². The minimum atomic E-state index is -0.437. The molecule has 114 valence electrons. The smallest absolute Gasteiger partial charge is 0.238 e. The highest BCUT2D eigenvalue weighted by Crippen LogP contribution is 2.17. The Morgan fingerprint density at radius 2 is 2.00 bits per heavy atom. The number of nitriles is 2. The van der Waals surface area contributed by atoms with Crippen molar-refractivity contribution >= 4 is 17.5 Å². The average molecular weight is 305 g/mol. The van der Waals surface area contributed by atoms with Crippen molar-refractivity contribution in [2.45, 2.75) is 6.42 Å². The van der Waals surface area contributed by atoms with Crippen LogP contribution in [0, 0.1) is 22.7 Å².